The summed E-state index contributed by atoms with van der Waals surface area (Å²) in [7, 11) is 0. The van der Waals surface area contributed by atoms with Gasteiger partial charge in [-0.2, -0.15) is 0 Å². The SMILES string of the molecule is CC1(C(=O)O)CCCN1c1nc[nH]c(=O)c1N. The van der Waals surface area contributed by atoms with Gasteiger partial charge in [0.05, 0.1) is 6.33 Å². The minimum Gasteiger partial charge on any atom is -0.480 e. The van der Waals surface area contributed by atoms with Crippen LogP contribution in [0.2, 0.25) is 0 Å². The van der Waals surface area contributed by atoms with Gasteiger partial charge in [0.15, 0.2) is 5.82 Å². The first-order valence-corrected chi connectivity index (χ1v) is 5.31. The molecule has 4 N–H and O–H groups in total. The molecule has 0 bridgehead atoms. The van der Waals surface area contributed by atoms with Gasteiger partial charge in [-0.1, -0.05) is 0 Å². The lowest BCUT2D eigenvalue weighted by Gasteiger charge is -2.32. The number of nitrogens with zero attached hydrogens (tertiary/aromatic N) is 2. The van der Waals surface area contributed by atoms with E-state index in [0.717, 1.165) is 6.42 Å². The zero-order valence-electron chi connectivity index (χ0n) is 9.43. The van der Waals surface area contributed by atoms with E-state index in [1.54, 1.807) is 11.8 Å². The lowest BCUT2D eigenvalue weighted by atomic mass is 9.99. The zero-order valence-corrected chi connectivity index (χ0v) is 9.43. The predicted octanol–water partition coefficient (Wildman–Crippen LogP) is -0.204. The van der Waals surface area contributed by atoms with Crippen LogP contribution in [0.5, 0.6) is 0 Å². The molecule has 0 amide bonds. The molecule has 1 aromatic rings. The molecule has 0 spiro atoms. The number of nitrogens with two attached hydrogens (primary N) is 1. The van der Waals surface area contributed by atoms with Crippen LogP contribution in [0.15, 0.2) is 11.1 Å². The number of hydrogen-bond donors (Lipinski definition) is 3. The van der Waals surface area contributed by atoms with Crippen LogP contribution in [0.25, 0.3) is 0 Å². The maximum atomic E-state index is 11.4. The van der Waals surface area contributed by atoms with E-state index in [1.165, 1.54) is 6.33 Å². The molecule has 92 valence electrons. The molecular formula is C10H14N4O3. The number of rotatable bonds is 2. The van der Waals surface area contributed by atoms with Crippen LogP contribution < -0.4 is 16.2 Å². The van der Waals surface area contributed by atoms with Gasteiger partial charge in [0.1, 0.15) is 11.2 Å². The highest BCUT2D eigenvalue weighted by Gasteiger charge is 2.44. The molecule has 1 aliphatic rings. The lowest BCUT2D eigenvalue weighted by Crippen LogP contribution is -2.49. The summed E-state index contributed by atoms with van der Waals surface area (Å²) >= 11 is 0. The van der Waals surface area contributed by atoms with Gasteiger partial charge in [-0.3, -0.25) is 4.79 Å². The molecule has 1 unspecified atom stereocenters. The molecular weight excluding hydrogens is 224 g/mol. The smallest absolute Gasteiger partial charge is 0.329 e. The van der Waals surface area contributed by atoms with Gasteiger partial charge in [-0.25, -0.2) is 9.78 Å². The average molecular weight is 238 g/mol. The van der Waals surface area contributed by atoms with E-state index in [2.05, 4.69) is 9.97 Å². The summed E-state index contributed by atoms with van der Waals surface area (Å²) in [5.74, 6) is -0.687. The fourth-order valence-electron chi connectivity index (χ4n) is 2.14. The number of carboxylic acids is 1. The van der Waals surface area contributed by atoms with Crippen LogP contribution in [0, 0.1) is 0 Å². The molecule has 1 aliphatic heterocycles. The highest BCUT2D eigenvalue weighted by atomic mass is 16.4. The van der Waals surface area contributed by atoms with Crippen LogP contribution in [-0.4, -0.2) is 33.1 Å². The molecule has 0 aromatic carbocycles. The second-order valence-electron chi connectivity index (χ2n) is 4.30. The molecule has 17 heavy (non-hydrogen) atoms. The first-order chi connectivity index (χ1) is 7.97. The molecule has 1 saturated heterocycles. The summed E-state index contributed by atoms with van der Waals surface area (Å²) in [5.41, 5.74) is 4.11. The molecule has 1 aromatic heterocycles. The van der Waals surface area contributed by atoms with Crippen molar-refractivity contribution in [1.29, 1.82) is 0 Å². The molecule has 1 atom stereocenters. The Morgan fingerprint density at radius 3 is 3.06 bits per heavy atom. The Kier molecular flexibility index (Phi) is 2.53. The minimum absolute atomic E-state index is 0.0399. The van der Waals surface area contributed by atoms with Crippen LogP contribution in [0.3, 0.4) is 0 Å². The van der Waals surface area contributed by atoms with Crippen molar-refractivity contribution in [2.24, 2.45) is 0 Å². The largest absolute Gasteiger partial charge is 0.480 e. The van der Waals surface area contributed by atoms with Crippen molar-refractivity contribution in [3.63, 3.8) is 0 Å². The maximum absolute atomic E-state index is 11.4. The normalized spacial score (nSPS) is 23.9. The maximum Gasteiger partial charge on any atom is 0.329 e. The van der Waals surface area contributed by atoms with Gasteiger partial charge < -0.3 is 20.7 Å². The summed E-state index contributed by atoms with van der Waals surface area (Å²) in [5, 5.41) is 9.27. The zero-order chi connectivity index (χ0) is 12.6. The lowest BCUT2D eigenvalue weighted by molar-refractivity contribution is -0.142. The second kappa shape index (κ2) is 3.76. The molecule has 7 heteroatoms. The van der Waals surface area contributed by atoms with Gasteiger partial charge in [-0.15, -0.1) is 0 Å². The molecule has 0 saturated carbocycles. The van der Waals surface area contributed by atoms with Crippen LogP contribution in [0.4, 0.5) is 11.5 Å². The van der Waals surface area contributed by atoms with Crippen LogP contribution in [0.1, 0.15) is 19.8 Å². The number of aliphatic carboxylic acids is 1. The monoisotopic (exact) mass is 238 g/mol. The van der Waals surface area contributed by atoms with Gasteiger partial charge in [0.25, 0.3) is 5.56 Å². The average Bonchev–Trinajstić information content (AvgIpc) is 2.66. The highest BCUT2D eigenvalue weighted by molar-refractivity contribution is 5.85. The Balaban J connectivity index is 2.50. The van der Waals surface area contributed by atoms with Crippen LogP contribution >= 0.6 is 0 Å². The Morgan fingerprint density at radius 1 is 1.71 bits per heavy atom. The van der Waals surface area contributed by atoms with Gasteiger partial charge >= 0.3 is 5.97 Å². The third-order valence-corrected chi connectivity index (χ3v) is 3.23. The fourth-order valence-corrected chi connectivity index (χ4v) is 2.14. The summed E-state index contributed by atoms with van der Waals surface area (Å²) in [6.07, 6.45) is 2.47. The number of nitrogens with one attached hydrogen (secondary N) is 1. The fraction of sp³-hybridized carbons (Fsp3) is 0.500. The van der Waals surface area contributed by atoms with Gasteiger partial charge in [0, 0.05) is 6.54 Å². The molecule has 7 nitrogen and oxygen atoms in total. The minimum atomic E-state index is -1.05. The molecule has 2 rings (SSSR count). The van der Waals surface area contributed by atoms with E-state index < -0.39 is 17.1 Å². The Hall–Kier alpha value is -2.05. The van der Waals surface area contributed by atoms with Crippen LogP contribution in [-0.2, 0) is 4.79 Å². The highest BCUT2D eigenvalue weighted by Crippen LogP contribution is 2.34. The summed E-state index contributed by atoms with van der Waals surface area (Å²) in [6.45, 7) is 2.15. The van der Waals surface area contributed by atoms with E-state index in [-0.39, 0.29) is 11.5 Å². The van der Waals surface area contributed by atoms with Crippen molar-refractivity contribution >= 4 is 17.5 Å². The summed E-state index contributed by atoms with van der Waals surface area (Å²) in [6, 6.07) is 0. The second-order valence-corrected chi connectivity index (χ2v) is 4.30. The van der Waals surface area contributed by atoms with Crippen molar-refractivity contribution in [3.8, 4) is 0 Å². The number of carboxylic acid groups (broad SMARTS) is 1. The van der Waals surface area contributed by atoms with E-state index in [1.807, 2.05) is 0 Å². The Labute approximate surface area is 97.3 Å². The topological polar surface area (TPSA) is 112 Å². The molecule has 2 heterocycles. The van der Waals surface area contributed by atoms with Gasteiger partial charge in [-0.05, 0) is 19.8 Å². The third kappa shape index (κ3) is 1.63. The quantitative estimate of drug-likeness (QED) is 0.657. The number of anilines is 2. The van der Waals surface area contributed by atoms with E-state index >= 15 is 0 Å². The van der Waals surface area contributed by atoms with Crippen molar-refractivity contribution in [3.05, 3.63) is 16.7 Å². The van der Waals surface area contributed by atoms with Crippen molar-refractivity contribution < 1.29 is 9.90 Å². The Bertz CT molecular complexity index is 513. The number of nitrogen functional groups attached to an aromatic ring is 1. The van der Waals surface area contributed by atoms with Crippen molar-refractivity contribution in [2.45, 2.75) is 25.3 Å². The first-order valence-electron chi connectivity index (χ1n) is 5.31. The number of H-pyrrole nitrogens is 1. The summed E-state index contributed by atoms with van der Waals surface area (Å²) in [4.78, 5) is 30.6. The van der Waals surface area contributed by atoms with E-state index in [0.29, 0.717) is 13.0 Å². The van der Waals surface area contributed by atoms with E-state index in [9.17, 15) is 14.7 Å². The molecule has 0 radical (unpaired) electrons. The summed E-state index contributed by atoms with van der Waals surface area (Å²) < 4.78 is 0. The van der Waals surface area contributed by atoms with E-state index in [4.69, 9.17) is 5.73 Å². The van der Waals surface area contributed by atoms with Crippen molar-refractivity contribution in [1.82, 2.24) is 9.97 Å². The number of aromatic amines is 1. The number of carbonyl (C=O) groups is 1. The Morgan fingerprint density at radius 2 is 2.41 bits per heavy atom. The first kappa shape index (κ1) is 11.4. The molecule has 0 aliphatic carbocycles. The predicted molar refractivity (Wildman–Crippen MR) is 61.9 cm³/mol. The standard InChI is InChI=1S/C10H14N4O3/c1-10(9(16)17)3-2-4-14(10)7-6(11)8(15)13-5-12-7/h5H,2-4,11H2,1H3,(H,16,17)(H,12,13,15). The molecule has 1 fully saturated rings. The number of aromatic nitrogens is 2. The van der Waals surface area contributed by atoms with Crippen molar-refractivity contribution in [2.75, 3.05) is 17.2 Å². The number of hydrogen-bond acceptors (Lipinski definition) is 5. The third-order valence-electron chi connectivity index (χ3n) is 3.23. The van der Waals surface area contributed by atoms with Gasteiger partial charge in [0.2, 0.25) is 0 Å².